The molecular formula is C60H36N8. The van der Waals surface area contributed by atoms with Crippen LogP contribution >= 0.6 is 0 Å². The SMILES string of the molecule is C1=CC2=C/C3=C(\c4ccc(C5=C6C=c7cccc(c7=N6)-c6cccc(n6)-c6cccc(n6)-c6cccc7cc5[nH]c67)cc4)c4cc5cccc(c5[nH]4)-c4cccc(n4)-c4cccc(n4)C(=C1)C2N3. The van der Waals surface area contributed by atoms with Crippen LogP contribution in [0.4, 0.5) is 0 Å². The van der Waals surface area contributed by atoms with Gasteiger partial charge in [-0.25, -0.2) is 24.9 Å². The second kappa shape index (κ2) is 14.1. The van der Waals surface area contributed by atoms with Crippen molar-refractivity contribution in [1.29, 1.82) is 0 Å². The standard InChI is InChI=1S/C60H36N8/c1-9-35-29-51-55(52-30-36-10-2-14-40(58(36)66-52)44-18-6-22-48(62-44)47-21-5-17-43(61-47)39(13-1)57(35)65-51)33-25-27-34(28-26-33)56-53-31-37-11-3-15-41(59(37)67-53)45-19-7-23-49(63-45)50-24-8-20-46(64-50)42-16-4-12-38-32-54(56)68-60(38)42/h1-32,57,65-67H/b55-51-,56-54?. The summed E-state index contributed by atoms with van der Waals surface area (Å²) in [5.41, 5.74) is 22.3. The number of H-pyrrole nitrogens is 2. The fourth-order valence-electron chi connectivity index (χ4n) is 10.7. The number of fused-ring (bicyclic) bond motifs is 18. The third-order valence-corrected chi connectivity index (χ3v) is 13.9. The van der Waals surface area contributed by atoms with Crippen LogP contribution in [0.1, 0.15) is 28.2 Å². The molecule has 16 bridgehead atoms. The molecule has 3 N–H and O–H groups in total. The average Bonchev–Trinajstić information content (AvgIpc) is 4.21. The molecule has 15 rings (SSSR count). The van der Waals surface area contributed by atoms with Gasteiger partial charge in [0.2, 0.25) is 0 Å². The van der Waals surface area contributed by atoms with E-state index in [-0.39, 0.29) is 6.04 Å². The first-order valence-electron chi connectivity index (χ1n) is 22.9. The molecule has 1 aliphatic carbocycles. The van der Waals surface area contributed by atoms with E-state index < -0.39 is 0 Å². The molecular weight excluding hydrogens is 833 g/mol. The predicted octanol–water partition coefficient (Wildman–Crippen LogP) is 11.4. The molecule has 10 aromatic rings. The summed E-state index contributed by atoms with van der Waals surface area (Å²) in [5.74, 6) is 0. The Morgan fingerprint density at radius 2 is 0.941 bits per heavy atom. The zero-order valence-electron chi connectivity index (χ0n) is 36.3. The van der Waals surface area contributed by atoms with Crippen LogP contribution in [-0.4, -0.2) is 35.9 Å². The molecule has 4 aromatic carbocycles. The molecule has 8 nitrogen and oxygen atoms in total. The third kappa shape index (κ3) is 5.64. The molecule has 0 spiro atoms. The molecule has 10 heterocycles. The zero-order valence-corrected chi connectivity index (χ0v) is 36.3. The van der Waals surface area contributed by atoms with E-state index in [1.165, 1.54) is 5.57 Å². The van der Waals surface area contributed by atoms with Gasteiger partial charge >= 0.3 is 0 Å². The number of aromatic nitrogens is 6. The second-order valence-corrected chi connectivity index (χ2v) is 17.9. The van der Waals surface area contributed by atoms with Gasteiger partial charge in [0, 0.05) is 66.5 Å². The molecule has 6 aromatic heterocycles. The highest BCUT2D eigenvalue weighted by Crippen LogP contribution is 2.41. The number of allylic oxidation sites excluding steroid dienone is 4. The van der Waals surface area contributed by atoms with Gasteiger partial charge in [0.15, 0.2) is 0 Å². The molecule has 1 unspecified atom stereocenters. The van der Waals surface area contributed by atoms with Crippen LogP contribution in [0, 0.1) is 0 Å². The van der Waals surface area contributed by atoms with Crippen molar-refractivity contribution in [1.82, 2.24) is 35.2 Å². The minimum atomic E-state index is -0.0781. The highest BCUT2D eigenvalue weighted by Gasteiger charge is 2.31. The lowest BCUT2D eigenvalue weighted by molar-refractivity contribution is 0.833. The van der Waals surface area contributed by atoms with Gasteiger partial charge in [-0.1, -0.05) is 121 Å². The van der Waals surface area contributed by atoms with Crippen molar-refractivity contribution >= 4 is 44.6 Å². The van der Waals surface area contributed by atoms with Gasteiger partial charge in [0.25, 0.3) is 0 Å². The van der Waals surface area contributed by atoms with Crippen molar-refractivity contribution < 1.29 is 0 Å². The van der Waals surface area contributed by atoms with Crippen molar-refractivity contribution in [3.63, 3.8) is 0 Å². The fraction of sp³-hybridized carbons (Fsp3) is 0.0167. The van der Waals surface area contributed by atoms with E-state index in [0.717, 1.165) is 145 Å². The summed E-state index contributed by atoms with van der Waals surface area (Å²) < 4.78 is 0. The summed E-state index contributed by atoms with van der Waals surface area (Å²) >= 11 is 0. The molecule has 68 heavy (non-hydrogen) atoms. The summed E-state index contributed by atoms with van der Waals surface area (Å²) in [6.45, 7) is 0. The molecule has 0 amide bonds. The van der Waals surface area contributed by atoms with Crippen molar-refractivity contribution in [2.45, 2.75) is 6.04 Å². The monoisotopic (exact) mass is 868 g/mol. The largest absolute Gasteiger partial charge is 0.373 e. The summed E-state index contributed by atoms with van der Waals surface area (Å²) in [7, 11) is 0. The maximum Gasteiger partial charge on any atom is 0.0893 e. The first kappa shape index (κ1) is 37.0. The van der Waals surface area contributed by atoms with Crippen LogP contribution in [0.3, 0.4) is 0 Å². The Morgan fingerprint density at radius 1 is 0.441 bits per heavy atom. The van der Waals surface area contributed by atoms with Crippen molar-refractivity contribution in [3.05, 3.63) is 244 Å². The van der Waals surface area contributed by atoms with Crippen molar-refractivity contribution in [2.75, 3.05) is 0 Å². The van der Waals surface area contributed by atoms with Crippen LogP contribution in [0.2, 0.25) is 0 Å². The Bertz CT molecular complexity index is 4170. The summed E-state index contributed by atoms with van der Waals surface area (Å²) in [6, 6.07) is 57.4. The quantitative estimate of drug-likeness (QED) is 0.160. The number of pyridine rings is 4. The number of para-hydroxylation sites is 3. The van der Waals surface area contributed by atoms with Crippen LogP contribution in [0.5, 0.6) is 0 Å². The van der Waals surface area contributed by atoms with E-state index in [2.05, 4.69) is 185 Å². The Labute approximate surface area is 389 Å². The van der Waals surface area contributed by atoms with Crippen LogP contribution in [0.25, 0.3) is 101 Å². The first-order chi connectivity index (χ1) is 33.6. The third-order valence-electron chi connectivity index (χ3n) is 13.9. The lowest BCUT2D eigenvalue weighted by atomic mass is 9.93. The molecule has 4 aliphatic heterocycles. The number of rotatable bonds is 2. The summed E-state index contributed by atoms with van der Waals surface area (Å²) in [5, 5.41) is 8.14. The average molecular weight is 869 g/mol. The topological polar surface area (TPSA) is 108 Å². The van der Waals surface area contributed by atoms with Gasteiger partial charge in [-0.05, 0) is 89.5 Å². The number of nitrogens with one attached hydrogen (secondary N) is 3. The maximum absolute atomic E-state index is 5.47. The van der Waals surface area contributed by atoms with Gasteiger partial charge in [0.05, 0.1) is 73.7 Å². The fourth-order valence-corrected chi connectivity index (χ4v) is 10.7. The summed E-state index contributed by atoms with van der Waals surface area (Å²) in [6.07, 6.45) is 11.0. The number of nitrogens with zero attached hydrogens (tertiary/aromatic N) is 5. The Balaban J connectivity index is 0.944. The van der Waals surface area contributed by atoms with E-state index >= 15 is 0 Å². The number of hydrogen-bond acceptors (Lipinski definition) is 6. The van der Waals surface area contributed by atoms with Crippen LogP contribution in [0.15, 0.2) is 210 Å². The van der Waals surface area contributed by atoms with E-state index in [0.29, 0.717) is 0 Å². The zero-order chi connectivity index (χ0) is 44.5. The smallest absolute Gasteiger partial charge is 0.0893 e. The minimum Gasteiger partial charge on any atom is -0.373 e. The van der Waals surface area contributed by atoms with Crippen LogP contribution in [-0.2, 0) is 0 Å². The van der Waals surface area contributed by atoms with Crippen LogP contribution < -0.4 is 15.9 Å². The molecule has 0 saturated heterocycles. The van der Waals surface area contributed by atoms with Gasteiger partial charge < -0.3 is 15.3 Å². The molecule has 316 valence electrons. The Kier molecular flexibility index (Phi) is 7.68. The highest BCUT2D eigenvalue weighted by atomic mass is 15.0. The van der Waals surface area contributed by atoms with Gasteiger partial charge in [-0.15, -0.1) is 0 Å². The van der Waals surface area contributed by atoms with Crippen molar-refractivity contribution in [3.8, 4) is 56.5 Å². The van der Waals surface area contributed by atoms with Gasteiger partial charge in [-0.2, -0.15) is 0 Å². The summed E-state index contributed by atoms with van der Waals surface area (Å²) in [4.78, 5) is 34.0. The molecule has 1 atom stereocenters. The Hall–Kier alpha value is -9.27. The number of hydrogen-bond donors (Lipinski definition) is 3. The highest BCUT2D eigenvalue weighted by molar-refractivity contribution is 6.00. The molecule has 0 radical (unpaired) electrons. The van der Waals surface area contributed by atoms with E-state index in [4.69, 9.17) is 24.9 Å². The molecule has 5 aliphatic rings. The number of aromatic amines is 2. The minimum absolute atomic E-state index is 0.0781. The molecule has 8 heteroatoms. The number of benzene rings is 4. The first-order valence-corrected chi connectivity index (χ1v) is 22.9. The van der Waals surface area contributed by atoms with E-state index in [1.54, 1.807) is 0 Å². The predicted molar refractivity (Wildman–Crippen MR) is 271 cm³/mol. The molecule has 0 fully saturated rings. The second-order valence-electron chi connectivity index (χ2n) is 17.9. The van der Waals surface area contributed by atoms with Gasteiger partial charge in [0.1, 0.15) is 0 Å². The Morgan fingerprint density at radius 3 is 1.57 bits per heavy atom. The van der Waals surface area contributed by atoms with Gasteiger partial charge in [-0.3, -0.25) is 0 Å². The van der Waals surface area contributed by atoms with E-state index in [9.17, 15) is 0 Å². The normalized spacial score (nSPS) is 16.9. The van der Waals surface area contributed by atoms with E-state index in [1.807, 2.05) is 24.3 Å². The lowest BCUT2D eigenvalue weighted by Gasteiger charge is -2.22. The van der Waals surface area contributed by atoms with Crippen molar-refractivity contribution in [2.24, 2.45) is 4.99 Å². The maximum atomic E-state index is 5.47. The molecule has 0 saturated carbocycles. The lowest BCUT2D eigenvalue weighted by Crippen LogP contribution is -2.27.